The first-order valence-corrected chi connectivity index (χ1v) is 10.8. The van der Waals surface area contributed by atoms with E-state index in [1.807, 2.05) is 18.2 Å². The highest BCUT2D eigenvalue weighted by Gasteiger charge is 2.16. The number of hydrogen-bond donors (Lipinski definition) is 2. The van der Waals surface area contributed by atoms with Gasteiger partial charge in [-0.25, -0.2) is 23.4 Å². The van der Waals surface area contributed by atoms with Gasteiger partial charge in [0, 0.05) is 28.7 Å². The van der Waals surface area contributed by atoms with E-state index in [1.54, 1.807) is 30.6 Å². The lowest BCUT2D eigenvalue weighted by molar-refractivity contribution is 0.299. The molecule has 0 fully saturated rings. The third kappa shape index (κ3) is 3.76. The third-order valence-corrected chi connectivity index (χ3v) is 6.12. The van der Waals surface area contributed by atoms with Crippen molar-refractivity contribution in [1.29, 1.82) is 0 Å². The highest BCUT2D eigenvalue weighted by Crippen LogP contribution is 2.27. The molecule has 2 aromatic carbocycles. The van der Waals surface area contributed by atoms with E-state index in [2.05, 4.69) is 29.9 Å². The fourth-order valence-electron chi connectivity index (χ4n) is 3.26. The zero-order valence-corrected chi connectivity index (χ0v) is 16.9. The highest BCUT2D eigenvalue weighted by molar-refractivity contribution is 7.92. The number of rotatable bonds is 6. The molecule has 154 valence electrons. The molecule has 3 heterocycles. The van der Waals surface area contributed by atoms with E-state index in [0.29, 0.717) is 23.3 Å². The normalized spacial score (nSPS) is 11.6. The summed E-state index contributed by atoms with van der Waals surface area (Å²) < 4.78 is 33.8. The van der Waals surface area contributed by atoms with Gasteiger partial charge in [0.1, 0.15) is 18.8 Å². The summed E-state index contributed by atoms with van der Waals surface area (Å²) in [7, 11) is -3.80. The number of anilines is 1. The van der Waals surface area contributed by atoms with Gasteiger partial charge in [-0.05, 0) is 41.8 Å². The standard InChI is InChI=1S/C21H16N6O3S/c28-31(29,27-20-7-8-22-13-24-20)16-4-5-17-14(10-16)6-9-23-21(17)30-12-15-2-1-3-19-18(15)11-25-26-19/h1-11,13H,12H2,(H,25,26)(H,22,24,27). The summed E-state index contributed by atoms with van der Waals surface area (Å²) in [4.78, 5) is 12.1. The van der Waals surface area contributed by atoms with Crippen LogP contribution in [0.1, 0.15) is 5.56 Å². The summed E-state index contributed by atoms with van der Waals surface area (Å²) >= 11 is 0. The molecule has 10 heteroatoms. The molecule has 2 N–H and O–H groups in total. The van der Waals surface area contributed by atoms with Gasteiger partial charge < -0.3 is 4.74 Å². The Hall–Kier alpha value is -4.05. The Morgan fingerprint density at radius 1 is 1.00 bits per heavy atom. The maximum Gasteiger partial charge on any atom is 0.263 e. The second-order valence-electron chi connectivity index (χ2n) is 6.74. The zero-order chi connectivity index (χ0) is 21.3. The number of ether oxygens (including phenoxy) is 1. The average Bonchev–Trinajstić information content (AvgIpc) is 3.27. The van der Waals surface area contributed by atoms with E-state index in [9.17, 15) is 8.42 Å². The topological polar surface area (TPSA) is 123 Å². The lowest BCUT2D eigenvalue weighted by atomic mass is 10.1. The van der Waals surface area contributed by atoms with Crippen LogP contribution < -0.4 is 9.46 Å². The molecule has 0 atom stereocenters. The fraction of sp³-hybridized carbons (Fsp3) is 0.0476. The number of pyridine rings is 1. The second-order valence-corrected chi connectivity index (χ2v) is 8.42. The van der Waals surface area contributed by atoms with Crippen LogP contribution in [0.4, 0.5) is 5.82 Å². The van der Waals surface area contributed by atoms with Crippen LogP contribution in [0.3, 0.4) is 0 Å². The Bertz CT molecular complexity index is 1490. The Kier molecular flexibility index (Phi) is 4.68. The molecule has 0 aliphatic rings. The minimum absolute atomic E-state index is 0.110. The summed E-state index contributed by atoms with van der Waals surface area (Å²) in [6, 6.07) is 13.8. The summed E-state index contributed by atoms with van der Waals surface area (Å²) in [5, 5.41) is 9.38. The van der Waals surface area contributed by atoms with Gasteiger partial charge in [-0.1, -0.05) is 12.1 Å². The van der Waals surface area contributed by atoms with Crippen LogP contribution in [-0.2, 0) is 16.6 Å². The lowest BCUT2D eigenvalue weighted by Crippen LogP contribution is -2.13. The van der Waals surface area contributed by atoms with Crippen LogP contribution in [0.15, 0.2) is 78.3 Å². The van der Waals surface area contributed by atoms with E-state index in [-0.39, 0.29) is 10.7 Å². The van der Waals surface area contributed by atoms with Gasteiger partial charge in [0.05, 0.1) is 16.6 Å². The summed E-state index contributed by atoms with van der Waals surface area (Å²) in [6.07, 6.45) is 6.08. The molecule has 0 saturated carbocycles. The molecule has 0 saturated heterocycles. The molecule has 0 unspecified atom stereocenters. The van der Waals surface area contributed by atoms with Gasteiger partial charge in [0.25, 0.3) is 10.0 Å². The molecular formula is C21H16N6O3S. The Labute approximate surface area is 177 Å². The van der Waals surface area contributed by atoms with Gasteiger partial charge in [0.2, 0.25) is 5.88 Å². The smallest absolute Gasteiger partial charge is 0.263 e. The first-order chi connectivity index (χ1) is 15.1. The fourth-order valence-corrected chi connectivity index (χ4v) is 4.30. The van der Waals surface area contributed by atoms with Crippen molar-refractivity contribution in [3.8, 4) is 5.88 Å². The maximum absolute atomic E-state index is 12.7. The van der Waals surface area contributed by atoms with Gasteiger partial charge in [-0.15, -0.1) is 0 Å². The van der Waals surface area contributed by atoms with Crippen molar-refractivity contribution >= 4 is 37.5 Å². The molecule has 9 nitrogen and oxygen atoms in total. The van der Waals surface area contributed by atoms with Gasteiger partial charge in [-0.3, -0.25) is 9.82 Å². The summed E-state index contributed by atoms with van der Waals surface area (Å²) in [6.45, 7) is 0.304. The molecule has 0 aliphatic carbocycles. The molecule has 0 radical (unpaired) electrons. The van der Waals surface area contributed by atoms with E-state index < -0.39 is 10.0 Å². The number of hydrogen-bond acceptors (Lipinski definition) is 7. The predicted octanol–water partition coefficient (Wildman–Crippen LogP) is 3.28. The van der Waals surface area contributed by atoms with Gasteiger partial charge >= 0.3 is 0 Å². The minimum Gasteiger partial charge on any atom is -0.472 e. The number of benzene rings is 2. The van der Waals surface area contributed by atoms with E-state index in [1.165, 1.54) is 24.7 Å². The van der Waals surface area contributed by atoms with E-state index >= 15 is 0 Å². The van der Waals surface area contributed by atoms with Gasteiger partial charge in [0.15, 0.2) is 0 Å². The summed E-state index contributed by atoms with van der Waals surface area (Å²) in [5.74, 6) is 0.618. The SMILES string of the molecule is O=S(=O)(Nc1ccncn1)c1ccc2c(OCc3cccc4[nH]ncc34)nccc2c1. The minimum atomic E-state index is -3.80. The van der Waals surface area contributed by atoms with E-state index in [4.69, 9.17) is 4.74 Å². The van der Waals surface area contributed by atoms with Crippen molar-refractivity contribution in [2.75, 3.05) is 4.72 Å². The monoisotopic (exact) mass is 432 g/mol. The van der Waals surface area contributed by atoms with Crippen molar-refractivity contribution in [2.45, 2.75) is 11.5 Å². The van der Waals surface area contributed by atoms with Crippen LogP contribution in [0.25, 0.3) is 21.7 Å². The second kappa shape index (κ2) is 7.65. The molecule has 31 heavy (non-hydrogen) atoms. The molecule has 0 amide bonds. The van der Waals surface area contributed by atoms with Crippen LogP contribution in [0.2, 0.25) is 0 Å². The number of H-pyrrole nitrogens is 1. The van der Waals surface area contributed by atoms with Crippen molar-refractivity contribution in [3.05, 3.63) is 79.0 Å². The van der Waals surface area contributed by atoms with E-state index in [0.717, 1.165) is 16.5 Å². The number of fused-ring (bicyclic) bond motifs is 2. The Balaban J connectivity index is 1.43. The summed E-state index contributed by atoms with van der Waals surface area (Å²) in [5.41, 5.74) is 1.90. The number of sulfonamides is 1. The van der Waals surface area contributed by atoms with Gasteiger partial charge in [-0.2, -0.15) is 5.10 Å². The van der Waals surface area contributed by atoms with Crippen molar-refractivity contribution in [1.82, 2.24) is 25.1 Å². The molecule has 0 bridgehead atoms. The average molecular weight is 432 g/mol. The Morgan fingerprint density at radius 3 is 2.81 bits per heavy atom. The highest BCUT2D eigenvalue weighted by atomic mass is 32.2. The van der Waals surface area contributed by atoms with Crippen LogP contribution in [-0.4, -0.2) is 33.6 Å². The largest absolute Gasteiger partial charge is 0.472 e. The van der Waals surface area contributed by atoms with Crippen molar-refractivity contribution < 1.29 is 13.2 Å². The predicted molar refractivity (Wildman–Crippen MR) is 115 cm³/mol. The number of nitrogens with one attached hydrogen (secondary N) is 2. The maximum atomic E-state index is 12.7. The first-order valence-electron chi connectivity index (χ1n) is 9.31. The molecular weight excluding hydrogens is 416 g/mol. The third-order valence-electron chi connectivity index (χ3n) is 4.77. The molecule has 0 aliphatic heterocycles. The molecule has 5 rings (SSSR count). The number of nitrogens with zero attached hydrogens (tertiary/aromatic N) is 4. The van der Waals surface area contributed by atoms with Crippen molar-refractivity contribution in [3.63, 3.8) is 0 Å². The molecule has 5 aromatic rings. The van der Waals surface area contributed by atoms with Crippen LogP contribution >= 0.6 is 0 Å². The molecule has 3 aromatic heterocycles. The molecule has 0 spiro atoms. The zero-order valence-electron chi connectivity index (χ0n) is 16.1. The number of aromatic nitrogens is 5. The van der Waals surface area contributed by atoms with Crippen LogP contribution in [0.5, 0.6) is 5.88 Å². The Morgan fingerprint density at radius 2 is 1.94 bits per heavy atom. The van der Waals surface area contributed by atoms with Crippen LogP contribution in [0, 0.1) is 0 Å². The van der Waals surface area contributed by atoms with Crippen molar-refractivity contribution in [2.24, 2.45) is 0 Å². The quantitative estimate of drug-likeness (QED) is 0.422. The first kappa shape index (κ1) is 18.9. The number of aromatic amines is 1. The lowest BCUT2D eigenvalue weighted by Gasteiger charge is -2.11.